The van der Waals surface area contributed by atoms with Gasteiger partial charge in [-0.05, 0) is 46.9 Å². The van der Waals surface area contributed by atoms with Gasteiger partial charge in [0.25, 0.3) is 6.71 Å². The molecular weight excluding hydrogens is 245 g/mol. The predicted octanol–water partition coefficient (Wildman–Crippen LogP) is 3.52. The van der Waals surface area contributed by atoms with E-state index in [4.69, 9.17) is 5.26 Å². The van der Waals surface area contributed by atoms with Gasteiger partial charge in [0.1, 0.15) is 0 Å². The average Bonchev–Trinajstić information content (AvgIpc) is 2.47. The number of aliphatic hydroxyl groups is 1. The molecule has 5 rings (SSSR count). The first-order chi connectivity index (χ1) is 9.69. The van der Waals surface area contributed by atoms with Crippen LogP contribution in [0.15, 0.2) is 42.5 Å². The summed E-state index contributed by atoms with van der Waals surface area (Å²) in [5.74, 6) is 3.18. The van der Waals surface area contributed by atoms with E-state index in [-0.39, 0.29) is 6.71 Å². The van der Waals surface area contributed by atoms with Gasteiger partial charge in [-0.15, -0.1) is 0 Å². The highest BCUT2D eigenvalue weighted by Gasteiger charge is 2.56. The summed E-state index contributed by atoms with van der Waals surface area (Å²) in [6, 6.07) is 14.5. The number of benzene rings is 2. The Balaban J connectivity index is 1.71. The molecule has 2 aromatic rings. The van der Waals surface area contributed by atoms with Gasteiger partial charge in [-0.25, -0.2) is 5.26 Å². The predicted molar refractivity (Wildman–Crippen MR) is 80.6 cm³/mol. The van der Waals surface area contributed by atoms with Crippen LogP contribution in [0.3, 0.4) is 0 Å². The Morgan fingerprint density at radius 1 is 1.10 bits per heavy atom. The lowest BCUT2D eigenvalue weighted by Crippen LogP contribution is -2.50. The minimum Gasteiger partial charge on any atom is -0.385 e. The zero-order valence-electron chi connectivity index (χ0n) is 11.3. The fourth-order valence-electron chi connectivity index (χ4n) is 4.17. The Kier molecular flexibility index (Phi) is 2.46. The van der Waals surface area contributed by atoms with E-state index in [2.05, 4.69) is 36.3 Å². The SMILES string of the molecule is N#CB1C2C[C@@H]1CC(O)(c1ccc3ccccc3c1)C2. The Morgan fingerprint density at radius 3 is 2.50 bits per heavy atom. The summed E-state index contributed by atoms with van der Waals surface area (Å²) in [5.41, 5.74) is 0.285. The third kappa shape index (κ3) is 1.61. The zero-order chi connectivity index (χ0) is 13.7. The Hall–Kier alpha value is -1.79. The van der Waals surface area contributed by atoms with Crippen LogP contribution < -0.4 is 0 Å². The molecule has 3 atom stereocenters. The van der Waals surface area contributed by atoms with Crippen LogP contribution in [-0.2, 0) is 5.60 Å². The number of hydrogen-bond donors (Lipinski definition) is 1. The van der Waals surface area contributed by atoms with Crippen LogP contribution in [0.5, 0.6) is 0 Å². The first-order valence-corrected chi connectivity index (χ1v) is 7.31. The van der Waals surface area contributed by atoms with Crippen LogP contribution >= 0.6 is 0 Å². The fourth-order valence-corrected chi connectivity index (χ4v) is 4.17. The number of rotatable bonds is 1. The van der Waals surface area contributed by atoms with Gasteiger partial charge in [0.15, 0.2) is 0 Å². The first-order valence-electron chi connectivity index (χ1n) is 7.31. The van der Waals surface area contributed by atoms with Crippen LogP contribution in [0.4, 0.5) is 0 Å². The lowest BCUT2D eigenvalue weighted by atomic mass is 9.19. The summed E-state index contributed by atoms with van der Waals surface area (Å²) in [5, 5.41) is 22.5. The molecule has 0 spiro atoms. The van der Waals surface area contributed by atoms with Gasteiger partial charge >= 0.3 is 0 Å². The summed E-state index contributed by atoms with van der Waals surface area (Å²) in [7, 11) is 0. The molecule has 1 saturated carbocycles. The second-order valence-corrected chi connectivity index (χ2v) is 6.41. The van der Waals surface area contributed by atoms with E-state index < -0.39 is 5.60 Å². The van der Waals surface area contributed by atoms with E-state index in [0.29, 0.717) is 11.6 Å². The first kappa shape index (κ1) is 12.0. The van der Waals surface area contributed by atoms with Crippen molar-refractivity contribution in [3.05, 3.63) is 48.0 Å². The van der Waals surface area contributed by atoms with Gasteiger partial charge in [-0.1, -0.05) is 42.8 Å². The maximum absolute atomic E-state index is 11.0. The summed E-state index contributed by atoms with van der Waals surface area (Å²) >= 11 is 0. The summed E-state index contributed by atoms with van der Waals surface area (Å²) in [6.45, 7) is 0.177. The molecule has 2 unspecified atom stereocenters. The van der Waals surface area contributed by atoms with Crippen molar-refractivity contribution in [2.24, 2.45) is 0 Å². The van der Waals surface area contributed by atoms with Crippen LogP contribution in [0, 0.1) is 11.2 Å². The van der Waals surface area contributed by atoms with Crippen LogP contribution in [0.1, 0.15) is 24.8 Å². The molecule has 20 heavy (non-hydrogen) atoms. The quantitative estimate of drug-likeness (QED) is 0.798. The van der Waals surface area contributed by atoms with E-state index >= 15 is 0 Å². The summed E-state index contributed by atoms with van der Waals surface area (Å²) in [6.07, 6.45) is 2.59. The van der Waals surface area contributed by atoms with Crippen molar-refractivity contribution in [3.8, 4) is 5.97 Å². The average molecular weight is 261 g/mol. The molecule has 1 N–H and O–H groups in total. The highest BCUT2D eigenvalue weighted by atomic mass is 16.3. The summed E-state index contributed by atoms with van der Waals surface area (Å²) < 4.78 is 0. The van der Waals surface area contributed by atoms with Gasteiger partial charge in [0.05, 0.1) is 5.60 Å². The molecule has 2 aromatic carbocycles. The number of nitrogens with zero attached hydrogens (tertiary/aromatic N) is 1. The molecule has 2 bridgehead atoms. The number of hydrogen-bond acceptors (Lipinski definition) is 2. The van der Waals surface area contributed by atoms with Gasteiger partial charge in [-0.3, -0.25) is 0 Å². The third-order valence-electron chi connectivity index (χ3n) is 5.26. The second-order valence-electron chi connectivity index (χ2n) is 6.41. The van der Waals surface area contributed by atoms with Crippen molar-refractivity contribution in [2.45, 2.75) is 36.5 Å². The van der Waals surface area contributed by atoms with E-state index in [1.165, 1.54) is 10.8 Å². The normalized spacial score (nSPS) is 31.7. The maximum Gasteiger partial charge on any atom is 0.274 e. The molecule has 0 aromatic heterocycles. The maximum atomic E-state index is 11.0. The molecule has 3 heteroatoms. The topological polar surface area (TPSA) is 44.0 Å². The van der Waals surface area contributed by atoms with E-state index in [1.54, 1.807) is 0 Å². The van der Waals surface area contributed by atoms with E-state index in [0.717, 1.165) is 24.8 Å². The smallest absolute Gasteiger partial charge is 0.274 e. The molecule has 2 aliphatic heterocycles. The Morgan fingerprint density at radius 2 is 1.80 bits per heavy atom. The van der Waals surface area contributed by atoms with Crippen molar-refractivity contribution in [1.29, 1.82) is 5.26 Å². The molecule has 0 radical (unpaired) electrons. The zero-order valence-corrected chi connectivity index (χ0v) is 11.3. The lowest BCUT2D eigenvalue weighted by Gasteiger charge is -2.51. The third-order valence-corrected chi connectivity index (χ3v) is 5.26. The van der Waals surface area contributed by atoms with Gasteiger partial charge < -0.3 is 5.11 Å². The Labute approximate surface area is 119 Å². The molecule has 3 fully saturated rings. The monoisotopic (exact) mass is 261 g/mol. The van der Waals surface area contributed by atoms with Crippen molar-refractivity contribution in [1.82, 2.24) is 0 Å². The van der Waals surface area contributed by atoms with Crippen molar-refractivity contribution in [3.63, 3.8) is 0 Å². The van der Waals surface area contributed by atoms with Crippen LogP contribution in [-0.4, -0.2) is 11.8 Å². The van der Waals surface area contributed by atoms with E-state index in [9.17, 15) is 5.11 Å². The van der Waals surface area contributed by atoms with Gasteiger partial charge in [0, 0.05) is 5.97 Å². The molecule has 3 aliphatic rings. The largest absolute Gasteiger partial charge is 0.385 e. The highest BCUT2D eigenvalue weighted by Crippen LogP contribution is 2.59. The lowest BCUT2D eigenvalue weighted by molar-refractivity contribution is -0.0112. The summed E-state index contributed by atoms with van der Waals surface area (Å²) in [4.78, 5) is 0. The van der Waals surface area contributed by atoms with E-state index in [1.807, 2.05) is 12.1 Å². The fraction of sp³-hybridized carbons (Fsp3) is 0.353. The number of nitriles is 1. The highest BCUT2D eigenvalue weighted by molar-refractivity contribution is 6.73. The minimum atomic E-state index is -0.731. The minimum absolute atomic E-state index is 0.177. The molecule has 2 saturated heterocycles. The van der Waals surface area contributed by atoms with Crippen molar-refractivity contribution < 1.29 is 5.11 Å². The molecule has 98 valence electrons. The molecule has 2 heterocycles. The van der Waals surface area contributed by atoms with Gasteiger partial charge in [-0.2, -0.15) is 0 Å². The van der Waals surface area contributed by atoms with Gasteiger partial charge in [0.2, 0.25) is 0 Å². The Bertz CT molecular complexity index is 708. The molecular formula is C17H16BNO. The van der Waals surface area contributed by atoms with Crippen LogP contribution in [0.25, 0.3) is 10.8 Å². The standard InChI is InChI=1S/C17H16BNO/c19-11-18-15-8-16(18)10-17(20,9-15)14-6-5-12-3-1-2-4-13(12)7-14/h1-7,15-16,20H,8-10H2/t15-,16?,17?/m1/s1. The molecule has 0 amide bonds. The van der Waals surface area contributed by atoms with Crippen LogP contribution in [0.2, 0.25) is 11.6 Å². The van der Waals surface area contributed by atoms with Crippen molar-refractivity contribution in [2.75, 3.05) is 0 Å². The number of fused-ring (bicyclic) bond motifs is 3. The van der Waals surface area contributed by atoms with Crippen molar-refractivity contribution >= 4 is 17.5 Å². The second kappa shape index (κ2) is 4.10. The molecule has 2 nitrogen and oxygen atoms in total. The molecule has 1 aliphatic carbocycles.